The Labute approximate surface area is 221 Å². The number of methoxy groups -OCH3 is 1. The summed E-state index contributed by atoms with van der Waals surface area (Å²) in [5.41, 5.74) is 2.56. The largest absolute Gasteiger partial charge is 0.497 e. The molecule has 9 nitrogen and oxygen atoms in total. The maximum Gasteiger partial charge on any atom is 0.236 e. The fourth-order valence-electron chi connectivity index (χ4n) is 3.53. The molecule has 0 fully saturated rings. The molecule has 11 heteroatoms. The topological polar surface area (TPSA) is 104 Å². The van der Waals surface area contributed by atoms with Gasteiger partial charge >= 0.3 is 0 Å². The number of nitrogens with zero attached hydrogens (tertiary/aromatic N) is 4. The number of carbonyl (C=O) groups excluding carboxylic acids is 1. The lowest BCUT2D eigenvalue weighted by Gasteiger charge is -2.10. The van der Waals surface area contributed by atoms with E-state index >= 15 is 0 Å². The third-order valence-corrected chi connectivity index (χ3v) is 6.94. The number of nitrogens with one attached hydrogen (secondary N) is 1. The molecule has 0 saturated heterocycles. The molecule has 0 spiro atoms. The average molecular weight is 534 g/mol. The van der Waals surface area contributed by atoms with Crippen LogP contribution in [0.1, 0.15) is 6.92 Å². The monoisotopic (exact) mass is 533 g/mol. The Balaban J connectivity index is 1.29. The third kappa shape index (κ3) is 5.68. The number of anilines is 1. The normalized spacial score (nSPS) is 10.9. The van der Waals surface area contributed by atoms with Gasteiger partial charge < -0.3 is 19.2 Å². The molecule has 5 aromatic rings. The van der Waals surface area contributed by atoms with Crippen LogP contribution in [-0.2, 0) is 4.79 Å². The van der Waals surface area contributed by atoms with Gasteiger partial charge in [0.25, 0.3) is 0 Å². The average Bonchev–Trinajstić information content (AvgIpc) is 3.69. The van der Waals surface area contributed by atoms with Gasteiger partial charge in [0.1, 0.15) is 11.5 Å². The number of aromatic nitrogens is 4. The molecule has 0 aliphatic carbocycles. The molecule has 0 unspecified atom stereocenters. The van der Waals surface area contributed by atoms with Gasteiger partial charge in [-0.3, -0.25) is 9.36 Å². The Morgan fingerprint density at radius 2 is 1.86 bits per heavy atom. The Kier molecular flexibility index (Phi) is 7.52. The van der Waals surface area contributed by atoms with Crippen LogP contribution in [0, 0.1) is 0 Å². The van der Waals surface area contributed by atoms with E-state index in [0.29, 0.717) is 28.5 Å². The minimum Gasteiger partial charge on any atom is -0.497 e. The molecule has 1 amide bonds. The Bertz CT molecular complexity index is 1460. The van der Waals surface area contributed by atoms with Gasteiger partial charge in [0.2, 0.25) is 11.7 Å². The van der Waals surface area contributed by atoms with Crippen LogP contribution in [0.4, 0.5) is 5.13 Å². The summed E-state index contributed by atoms with van der Waals surface area (Å²) in [5.74, 6) is 2.60. The van der Waals surface area contributed by atoms with Gasteiger partial charge in [-0.25, -0.2) is 4.98 Å². The van der Waals surface area contributed by atoms with Crippen molar-refractivity contribution in [2.45, 2.75) is 12.1 Å². The SMILES string of the molecule is CCOc1ccc(-n2c(SCC(=O)Nc3nc(-c4ccc(OC)cc4)cs3)nnc2-c2ccco2)cc1. The molecule has 0 radical (unpaired) electrons. The number of thiazole rings is 1. The number of ether oxygens (including phenoxy) is 2. The van der Waals surface area contributed by atoms with Crippen LogP contribution < -0.4 is 14.8 Å². The molecule has 0 bridgehead atoms. The number of hydrogen-bond donors (Lipinski definition) is 1. The van der Waals surface area contributed by atoms with E-state index in [2.05, 4.69) is 20.5 Å². The molecule has 3 aromatic heterocycles. The van der Waals surface area contributed by atoms with Crippen molar-refractivity contribution >= 4 is 34.1 Å². The number of amides is 1. The van der Waals surface area contributed by atoms with Gasteiger partial charge in [-0.2, -0.15) is 0 Å². The number of benzene rings is 2. The summed E-state index contributed by atoms with van der Waals surface area (Å²) < 4.78 is 18.2. The van der Waals surface area contributed by atoms with Crippen molar-refractivity contribution < 1.29 is 18.7 Å². The second-order valence-electron chi connectivity index (χ2n) is 7.65. The van der Waals surface area contributed by atoms with Gasteiger partial charge in [-0.05, 0) is 67.6 Å². The van der Waals surface area contributed by atoms with Crippen LogP contribution in [0.3, 0.4) is 0 Å². The van der Waals surface area contributed by atoms with E-state index in [1.54, 1.807) is 19.4 Å². The maximum absolute atomic E-state index is 12.7. The predicted molar refractivity (Wildman–Crippen MR) is 144 cm³/mol. The maximum atomic E-state index is 12.7. The van der Waals surface area contributed by atoms with E-state index in [0.717, 1.165) is 28.4 Å². The minimum absolute atomic E-state index is 0.130. The number of furan rings is 1. The molecule has 2 aromatic carbocycles. The van der Waals surface area contributed by atoms with Crippen LogP contribution in [0.25, 0.3) is 28.5 Å². The van der Waals surface area contributed by atoms with Gasteiger partial charge in [0.15, 0.2) is 16.0 Å². The first-order valence-electron chi connectivity index (χ1n) is 11.4. The highest BCUT2D eigenvalue weighted by atomic mass is 32.2. The number of thioether (sulfide) groups is 1. The van der Waals surface area contributed by atoms with Crippen LogP contribution in [0.2, 0.25) is 0 Å². The van der Waals surface area contributed by atoms with E-state index in [-0.39, 0.29) is 11.7 Å². The molecule has 0 saturated carbocycles. The Morgan fingerprint density at radius 3 is 2.57 bits per heavy atom. The number of carbonyl (C=O) groups is 1. The highest BCUT2D eigenvalue weighted by molar-refractivity contribution is 7.99. The second-order valence-corrected chi connectivity index (χ2v) is 9.45. The first kappa shape index (κ1) is 24.6. The molecular formula is C26H23N5O4S2. The summed E-state index contributed by atoms with van der Waals surface area (Å²) in [7, 11) is 1.63. The van der Waals surface area contributed by atoms with Crippen molar-refractivity contribution in [2.75, 3.05) is 24.8 Å². The summed E-state index contributed by atoms with van der Waals surface area (Å²) in [6.07, 6.45) is 1.58. The van der Waals surface area contributed by atoms with Crippen LogP contribution in [0.5, 0.6) is 11.5 Å². The van der Waals surface area contributed by atoms with Gasteiger partial charge in [-0.15, -0.1) is 21.5 Å². The van der Waals surface area contributed by atoms with Crippen LogP contribution in [0.15, 0.2) is 81.9 Å². The van der Waals surface area contributed by atoms with Crippen molar-refractivity contribution in [2.24, 2.45) is 0 Å². The van der Waals surface area contributed by atoms with Crippen molar-refractivity contribution in [3.05, 3.63) is 72.3 Å². The van der Waals surface area contributed by atoms with Gasteiger partial charge in [-0.1, -0.05) is 11.8 Å². The summed E-state index contributed by atoms with van der Waals surface area (Å²) in [6, 6.07) is 18.8. The van der Waals surface area contributed by atoms with E-state index in [1.165, 1.54) is 23.1 Å². The highest BCUT2D eigenvalue weighted by Gasteiger charge is 2.19. The standard InChI is InChI=1S/C26H23N5O4S2/c1-3-34-20-12-8-18(9-13-20)31-24(22-5-4-14-35-22)29-30-26(31)37-16-23(32)28-25-27-21(15-36-25)17-6-10-19(33-2)11-7-17/h4-15H,3,16H2,1-2H3,(H,27,28,32). The highest BCUT2D eigenvalue weighted by Crippen LogP contribution is 2.30. The van der Waals surface area contributed by atoms with E-state index in [1.807, 2.05) is 71.5 Å². The molecular weight excluding hydrogens is 510 g/mol. The molecule has 5 rings (SSSR count). The van der Waals surface area contributed by atoms with E-state index in [4.69, 9.17) is 13.9 Å². The zero-order valence-electron chi connectivity index (χ0n) is 20.1. The molecule has 1 N–H and O–H groups in total. The lowest BCUT2D eigenvalue weighted by atomic mass is 10.2. The lowest BCUT2D eigenvalue weighted by molar-refractivity contribution is -0.113. The number of rotatable bonds is 10. The molecule has 0 aliphatic rings. The minimum atomic E-state index is -0.193. The summed E-state index contributed by atoms with van der Waals surface area (Å²) in [6.45, 7) is 2.52. The zero-order valence-corrected chi connectivity index (χ0v) is 21.7. The molecule has 37 heavy (non-hydrogen) atoms. The summed E-state index contributed by atoms with van der Waals surface area (Å²) >= 11 is 2.65. The van der Waals surface area contributed by atoms with Gasteiger partial charge in [0.05, 0.1) is 37.1 Å². The summed E-state index contributed by atoms with van der Waals surface area (Å²) in [5, 5.41) is 14.5. The molecule has 0 atom stereocenters. The fraction of sp³-hybridized carbons (Fsp3) is 0.154. The zero-order chi connectivity index (χ0) is 25.6. The molecule has 188 valence electrons. The van der Waals surface area contributed by atoms with E-state index in [9.17, 15) is 4.79 Å². The number of hydrogen-bond acceptors (Lipinski definition) is 9. The van der Waals surface area contributed by atoms with E-state index < -0.39 is 0 Å². The van der Waals surface area contributed by atoms with Crippen molar-refractivity contribution in [3.63, 3.8) is 0 Å². The summed E-state index contributed by atoms with van der Waals surface area (Å²) in [4.78, 5) is 17.3. The molecule has 0 aliphatic heterocycles. The fourth-order valence-corrected chi connectivity index (χ4v) is 5.02. The smallest absolute Gasteiger partial charge is 0.236 e. The molecule has 3 heterocycles. The first-order valence-corrected chi connectivity index (χ1v) is 13.3. The quantitative estimate of drug-likeness (QED) is 0.225. The van der Waals surface area contributed by atoms with Crippen LogP contribution >= 0.6 is 23.1 Å². The Hall–Kier alpha value is -4.09. The predicted octanol–water partition coefficient (Wildman–Crippen LogP) is 5.79. The van der Waals surface area contributed by atoms with Crippen molar-refractivity contribution in [3.8, 4) is 40.0 Å². The third-order valence-electron chi connectivity index (χ3n) is 5.25. The van der Waals surface area contributed by atoms with Crippen molar-refractivity contribution in [1.29, 1.82) is 0 Å². The first-order chi connectivity index (χ1) is 18.1. The lowest BCUT2D eigenvalue weighted by Crippen LogP contribution is -2.14. The van der Waals surface area contributed by atoms with Crippen molar-refractivity contribution in [1.82, 2.24) is 19.7 Å². The van der Waals surface area contributed by atoms with Crippen LogP contribution in [-0.4, -0.2) is 45.1 Å². The van der Waals surface area contributed by atoms with Gasteiger partial charge in [0, 0.05) is 10.9 Å². The second kappa shape index (κ2) is 11.3. The Morgan fingerprint density at radius 1 is 1.08 bits per heavy atom.